The first-order chi connectivity index (χ1) is 19.4. The number of aromatic nitrogens is 3. The molecule has 40 heavy (non-hydrogen) atoms. The zero-order valence-electron chi connectivity index (χ0n) is 20.9. The molecule has 0 bridgehead atoms. The second-order valence-electron chi connectivity index (χ2n) is 8.17. The molecule has 0 atom stereocenters. The number of rotatable bonds is 10. The molecule has 200 valence electrons. The molecule has 0 saturated heterocycles. The third-order valence-corrected chi connectivity index (χ3v) is 5.43. The van der Waals surface area contributed by atoms with E-state index in [1.165, 1.54) is 30.5 Å². The summed E-state index contributed by atoms with van der Waals surface area (Å²) in [4.78, 5) is 23.5. The summed E-state index contributed by atoms with van der Waals surface area (Å²) < 4.78 is 24.1. The maximum atomic E-state index is 13.2. The number of halogens is 1. The number of furan rings is 1. The Hall–Kier alpha value is -5.85. The van der Waals surface area contributed by atoms with Gasteiger partial charge in [0.25, 0.3) is 5.69 Å². The molecule has 0 aliphatic rings. The summed E-state index contributed by atoms with van der Waals surface area (Å²) in [7, 11) is 1.58. The minimum Gasteiger partial charge on any atom is -0.497 e. The lowest BCUT2D eigenvalue weighted by Gasteiger charge is -2.10. The van der Waals surface area contributed by atoms with E-state index < -0.39 is 4.92 Å². The summed E-state index contributed by atoms with van der Waals surface area (Å²) >= 11 is 0. The number of nitro benzene ring substituents is 1. The highest BCUT2D eigenvalue weighted by Gasteiger charge is 2.10. The number of nitro groups is 1. The van der Waals surface area contributed by atoms with Crippen LogP contribution in [0.2, 0.25) is 0 Å². The SMILES string of the molecule is COc1ccc(Nc2nc(N/N=C/c3ccc(-c4ccc(F)cc4)o3)nc(Nc3ccc([N+](=O)[O-])cc3)n2)cc1. The number of nitrogens with zero attached hydrogens (tertiary/aromatic N) is 5. The monoisotopic (exact) mass is 540 g/mol. The molecule has 13 heteroatoms. The van der Waals surface area contributed by atoms with Crippen molar-refractivity contribution >= 4 is 41.1 Å². The van der Waals surface area contributed by atoms with Gasteiger partial charge in [-0.25, -0.2) is 9.82 Å². The van der Waals surface area contributed by atoms with E-state index in [9.17, 15) is 14.5 Å². The quantitative estimate of drug-likeness (QED) is 0.107. The van der Waals surface area contributed by atoms with E-state index in [0.717, 1.165) is 5.56 Å². The van der Waals surface area contributed by atoms with Gasteiger partial charge in [-0.15, -0.1) is 0 Å². The van der Waals surface area contributed by atoms with Gasteiger partial charge in [0.1, 0.15) is 23.1 Å². The first-order valence-electron chi connectivity index (χ1n) is 11.8. The second-order valence-corrected chi connectivity index (χ2v) is 8.17. The molecule has 0 fully saturated rings. The highest BCUT2D eigenvalue weighted by atomic mass is 19.1. The third-order valence-electron chi connectivity index (χ3n) is 5.43. The summed E-state index contributed by atoms with van der Waals surface area (Å²) in [5, 5.41) is 21.2. The molecule has 0 aliphatic carbocycles. The number of hydrazone groups is 1. The summed E-state index contributed by atoms with van der Waals surface area (Å²) in [6.07, 6.45) is 1.44. The molecule has 2 heterocycles. The summed E-state index contributed by atoms with van der Waals surface area (Å²) in [5.74, 6) is 1.84. The van der Waals surface area contributed by atoms with Crippen LogP contribution in [-0.4, -0.2) is 33.2 Å². The zero-order chi connectivity index (χ0) is 27.9. The van der Waals surface area contributed by atoms with Crippen molar-refractivity contribution in [3.8, 4) is 17.1 Å². The average Bonchev–Trinajstić information content (AvgIpc) is 3.43. The minimum absolute atomic E-state index is 0.0414. The van der Waals surface area contributed by atoms with E-state index in [1.807, 2.05) is 0 Å². The van der Waals surface area contributed by atoms with Crippen molar-refractivity contribution in [2.45, 2.75) is 0 Å². The Balaban J connectivity index is 1.35. The highest BCUT2D eigenvalue weighted by molar-refractivity contribution is 5.78. The van der Waals surface area contributed by atoms with Gasteiger partial charge in [-0.1, -0.05) is 0 Å². The van der Waals surface area contributed by atoms with Gasteiger partial charge in [-0.05, 0) is 72.8 Å². The molecule has 5 rings (SSSR count). The van der Waals surface area contributed by atoms with E-state index in [0.29, 0.717) is 28.6 Å². The number of benzene rings is 3. The molecule has 0 saturated carbocycles. The number of methoxy groups -OCH3 is 1. The molecule has 0 spiro atoms. The smallest absolute Gasteiger partial charge is 0.269 e. The first-order valence-corrected chi connectivity index (χ1v) is 11.8. The summed E-state index contributed by atoms with van der Waals surface area (Å²) in [6.45, 7) is 0. The molecule has 3 aromatic carbocycles. The molecular formula is C27H21FN8O4. The van der Waals surface area contributed by atoms with Gasteiger partial charge in [-0.2, -0.15) is 20.1 Å². The topological polar surface area (TPSA) is 153 Å². The van der Waals surface area contributed by atoms with Crippen molar-refractivity contribution in [2.24, 2.45) is 5.10 Å². The molecule has 0 radical (unpaired) electrons. The number of ether oxygens (including phenoxy) is 1. The van der Waals surface area contributed by atoms with Crippen LogP contribution in [0.4, 0.5) is 39.3 Å². The van der Waals surface area contributed by atoms with Crippen molar-refractivity contribution in [1.82, 2.24) is 15.0 Å². The molecule has 5 aromatic rings. The fraction of sp³-hybridized carbons (Fsp3) is 0.0370. The Kier molecular flexibility index (Phi) is 7.53. The third kappa shape index (κ3) is 6.52. The van der Waals surface area contributed by atoms with Crippen LogP contribution in [0.15, 0.2) is 94.4 Å². The predicted octanol–water partition coefficient (Wildman–Crippen LogP) is 6.12. The number of non-ortho nitro benzene ring substituents is 1. The lowest BCUT2D eigenvalue weighted by atomic mass is 10.2. The lowest BCUT2D eigenvalue weighted by molar-refractivity contribution is -0.384. The van der Waals surface area contributed by atoms with Crippen LogP contribution in [0.3, 0.4) is 0 Å². The van der Waals surface area contributed by atoms with E-state index in [4.69, 9.17) is 9.15 Å². The average molecular weight is 541 g/mol. The molecule has 0 aliphatic heterocycles. The van der Waals surface area contributed by atoms with Gasteiger partial charge in [0.2, 0.25) is 17.8 Å². The molecular weight excluding hydrogens is 519 g/mol. The Morgan fingerprint density at radius 3 is 2.05 bits per heavy atom. The Morgan fingerprint density at radius 2 is 1.45 bits per heavy atom. The van der Waals surface area contributed by atoms with Gasteiger partial charge in [-0.3, -0.25) is 10.1 Å². The Morgan fingerprint density at radius 1 is 0.850 bits per heavy atom. The maximum Gasteiger partial charge on any atom is 0.269 e. The van der Waals surface area contributed by atoms with Gasteiger partial charge < -0.3 is 19.8 Å². The fourth-order valence-electron chi connectivity index (χ4n) is 3.48. The number of hydrogen-bond acceptors (Lipinski definition) is 11. The van der Waals surface area contributed by atoms with Crippen molar-refractivity contribution in [1.29, 1.82) is 0 Å². The van der Waals surface area contributed by atoms with Crippen LogP contribution in [0.25, 0.3) is 11.3 Å². The molecule has 12 nitrogen and oxygen atoms in total. The molecule has 0 unspecified atom stereocenters. The summed E-state index contributed by atoms with van der Waals surface area (Å²) in [6, 6.07) is 22.4. The van der Waals surface area contributed by atoms with E-state index >= 15 is 0 Å². The number of anilines is 5. The van der Waals surface area contributed by atoms with Gasteiger partial charge >= 0.3 is 0 Å². The maximum absolute atomic E-state index is 13.2. The first kappa shape index (κ1) is 25.8. The van der Waals surface area contributed by atoms with Crippen molar-refractivity contribution < 1.29 is 18.5 Å². The fourth-order valence-corrected chi connectivity index (χ4v) is 3.48. The van der Waals surface area contributed by atoms with Crippen LogP contribution in [0, 0.1) is 15.9 Å². The molecule has 0 amide bonds. The van der Waals surface area contributed by atoms with Gasteiger partial charge in [0.15, 0.2) is 0 Å². The Bertz CT molecular complexity index is 1640. The molecule has 3 N–H and O–H groups in total. The van der Waals surface area contributed by atoms with Crippen molar-refractivity contribution in [3.63, 3.8) is 0 Å². The number of hydrogen-bond donors (Lipinski definition) is 3. The van der Waals surface area contributed by atoms with Crippen LogP contribution in [0.1, 0.15) is 5.76 Å². The van der Waals surface area contributed by atoms with Crippen molar-refractivity contribution in [2.75, 3.05) is 23.2 Å². The van der Waals surface area contributed by atoms with Crippen molar-refractivity contribution in [3.05, 3.63) is 107 Å². The Labute approximate surface area is 226 Å². The zero-order valence-corrected chi connectivity index (χ0v) is 20.9. The summed E-state index contributed by atoms with van der Waals surface area (Å²) in [5.41, 5.74) is 4.67. The van der Waals surface area contributed by atoms with Gasteiger partial charge in [0.05, 0.1) is 18.2 Å². The van der Waals surface area contributed by atoms with Gasteiger partial charge in [0, 0.05) is 29.1 Å². The molecule has 2 aromatic heterocycles. The van der Waals surface area contributed by atoms with Crippen LogP contribution in [-0.2, 0) is 0 Å². The van der Waals surface area contributed by atoms with Crippen LogP contribution >= 0.6 is 0 Å². The standard InChI is InChI=1S/C27H21FN8O4/c1-39-22-12-8-20(9-13-22)31-26-32-25(30-19-6-10-21(11-7-19)36(37)38)33-27(34-26)35-29-16-23-14-15-24(40-23)17-2-4-18(28)5-3-17/h2-16H,1H3,(H3,30,31,32,33,34,35)/b29-16+. The lowest BCUT2D eigenvalue weighted by Crippen LogP contribution is -2.07. The predicted molar refractivity (Wildman–Crippen MR) is 148 cm³/mol. The van der Waals surface area contributed by atoms with Crippen LogP contribution in [0.5, 0.6) is 5.75 Å². The normalized spacial score (nSPS) is 10.8. The second kappa shape index (κ2) is 11.7. The van der Waals surface area contributed by atoms with E-state index in [1.54, 1.807) is 67.8 Å². The van der Waals surface area contributed by atoms with E-state index in [2.05, 4.69) is 36.1 Å². The minimum atomic E-state index is -0.481. The number of nitrogens with one attached hydrogen (secondary N) is 3. The highest BCUT2D eigenvalue weighted by Crippen LogP contribution is 2.23. The van der Waals surface area contributed by atoms with Crippen LogP contribution < -0.4 is 20.8 Å². The van der Waals surface area contributed by atoms with E-state index in [-0.39, 0.29) is 29.3 Å². The largest absolute Gasteiger partial charge is 0.497 e.